The summed E-state index contributed by atoms with van der Waals surface area (Å²) in [4.78, 5) is 8.59. The Labute approximate surface area is 127 Å². The van der Waals surface area contributed by atoms with Crippen molar-refractivity contribution in [3.05, 3.63) is 10.8 Å². The van der Waals surface area contributed by atoms with Gasteiger partial charge in [0.1, 0.15) is 22.4 Å². The Balaban J connectivity index is 1.99. The Hall–Kier alpha value is -0.490. The average Bonchev–Trinajstić information content (AvgIpc) is 2.38. The van der Waals surface area contributed by atoms with E-state index < -0.39 is 0 Å². The first-order valence-electron chi connectivity index (χ1n) is 6.74. The van der Waals surface area contributed by atoms with Crippen molar-refractivity contribution in [3.63, 3.8) is 0 Å². The van der Waals surface area contributed by atoms with E-state index >= 15 is 0 Å². The van der Waals surface area contributed by atoms with Gasteiger partial charge in [0, 0.05) is 17.8 Å². The van der Waals surface area contributed by atoms with E-state index in [1.165, 1.54) is 19.3 Å². The summed E-state index contributed by atoms with van der Waals surface area (Å²) in [6.45, 7) is 4.03. The predicted molar refractivity (Wildman–Crippen MR) is 87.1 cm³/mol. The zero-order valence-corrected chi connectivity index (χ0v) is 13.9. The van der Waals surface area contributed by atoms with E-state index in [-0.39, 0.29) is 0 Å². The molecule has 0 radical (unpaired) electrons. The van der Waals surface area contributed by atoms with Gasteiger partial charge in [-0.15, -0.1) is 0 Å². The van der Waals surface area contributed by atoms with Crippen LogP contribution in [-0.4, -0.2) is 34.1 Å². The maximum atomic E-state index is 4.32. The average molecular weight is 345 g/mol. The van der Waals surface area contributed by atoms with Gasteiger partial charge in [-0.1, -0.05) is 13.3 Å². The lowest BCUT2D eigenvalue weighted by atomic mass is 9.84. The van der Waals surface area contributed by atoms with Gasteiger partial charge < -0.3 is 10.6 Å². The highest BCUT2D eigenvalue weighted by molar-refractivity contribution is 9.10. The zero-order chi connectivity index (χ0) is 13.7. The number of anilines is 2. The highest BCUT2D eigenvalue weighted by atomic mass is 79.9. The summed E-state index contributed by atoms with van der Waals surface area (Å²) in [6, 6.07) is 0. The first kappa shape index (κ1) is 14.9. The van der Waals surface area contributed by atoms with Crippen LogP contribution in [0.5, 0.6) is 0 Å². The summed E-state index contributed by atoms with van der Waals surface area (Å²) >= 11 is 5.55. The van der Waals surface area contributed by atoms with Gasteiger partial charge in [0.15, 0.2) is 0 Å². The monoisotopic (exact) mass is 344 g/mol. The Morgan fingerprint density at radius 2 is 2.00 bits per heavy atom. The number of nitrogens with one attached hydrogen (secondary N) is 2. The first-order chi connectivity index (χ1) is 9.21. The molecule has 1 aromatic heterocycles. The van der Waals surface area contributed by atoms with Crippen LogP contribution in [0, 0.1) is 0 Å². The second-order valence-electron chi connectivity index (χ2n) is 4.91. The maximum Gasteiger partial charge on any atom is 0.145 e. The molecule has 0 bridgehead atoms. The van der Waals surface area contributed by atoms with Gasteiger partial charge in [0.25, 0.3) is 0 Å². The third-order valence-electron chi connectivity index (χ3n) is 3.61. The molecular weight excluding hydrogens is 324 g/mol. The third kappa shape index (κ3) is 3.54. The second kappa shape index (κ2) is 6.79. The lowest BCUT2D eigenvalue weighted by Crippen LogP contribution is -2.40. The van der Waals surface area contributed by atoms with Crippen molar-refractivity contribution in [2.24, 2.45) is 0 Å². The lowest BCUT2D eigenvalue weighted by Gasteiger charge is -2.40. The number of hydrogen-bond acceptors (Lipinski definition) is 5. The van der Waals surface area contributed by atoms with Crippen molar-refractivity contribution in [1.29, 1.82) is 0 Å². The van der Waals surface area contributed by atoms with Crippen molar-refractivity contribution >= 4 is 39.3 Å². The smallest absolute Gasteiger partial charge is 0.145 e. The fraction of sp³-hybridized carbons (Fsp3) is 0.692. The number of aromatic nitrogens is 2. The topological polar surface area (TPSA) is 49.8 Å². The fourth-order valence-electron chi connectivity index (χ4n) is 2.13. The molecule has 6 heteroatoms. The van der Waals surface area contributed by atoms with Crippen LogP contribution >= 0.6 is 27.7 Å². The highest BCUT2D eigenvalue weighted by Gasteiger charge is 2.36. The molecule has 0 spiro atoms. The highest BCUT2D eigenvalue weighted by Crippen LogP contribution is 2.43. The first-order valence-corrected chi connectivity index (χ1v) is 8.76. The number of hydrogen-bond donors (Lipinski definition) is 2. The molecule has 0 aliphatic heterocycles. The van der Waals surface area contributed by atoms with Gasteiger partial charge in [-0.25, -0.2) is 9.97 Å². The Kier molecular flexibility index (Phi) is 5.33. The molecule has 2 rings (SSSR count). The van der Waals surface area contributed by atoms with Crippen LogP contribution in [0.4, 0.5) is 11.6 Å². The van der Waals surface area contributed by atoms with E-state index in [4.69, 9.17) is 0 Å². The van der Waals surface area contributed by atoms with Gasteiger partial charge in [0.2, 0.25) is 0 Å². The third-order valence-corrected chi connectivity index (χ3v) is 5.78. The van der Waals surface area contributed by atoms with Crippen LogP contribution < -0.4 is 10.6 Å². The molecule has 106 valence electrons. The van der Waals surface area contributed by atoms with Crippen LogP contribution in [0.1, 0.15) is 32.6 Å². The minimum absolute atomic E-state index is 0.404. The molecular formula is C13H21BrN4S. The van der Waals surface area contributed by atoms with Crippen molar-refractivity contribution in [2.45, 2.75) is 37.4 Å². The molecule has 1 heterocycles. The minimum atomic E-state index is 0.404. The Morgan fingerprint density at radius 3 is 2.53 bits per heavy atom. The maximum absolute atomic E-state index is 4.32. The molecule has 1 aromatic rings. The minimum Gasteiger partial charge on any atom is -0.369 e. The molecule has 0 amide bonds. The molecule has 0 saturated heterocycles. The van der Waals surface area contributed by atoms with E-state index in [0.717, 1.165) is 35.6 Å². The number of halogens is 1. The van der Waals surface area contributed by atoms with E-state index in [2.05, 4.69) is 49.7 Å². The SMILES string of the molecule is CCCNc1ncnc(NCC2(SC)CCC2)c1Br. The predicted octanol–water partition coefficient (Wildman–Crippen LogP) is 3.76. The van der Waals surface area contributed by atoms with Crippen molar-refractivity contribution in [3.8, 4) is 0 Å². The molecule has 4 nitrogen and oxygen atoms in total. The fourth-order valence-corrected chi connectivity index (χ4v) is 3.53. The van der Waals surface area contributed by atoms with E-state index in [1.54, 1.807) is 6.33 Å². The van der Waals surface area contributed by atoms with Gasteiger partial charge >= 0.3 is 0 Å². The van der Waals surface area contributed by atoms with E-state index in [9.17, 15) is 0 Å². The molecule has 1 aliphatic rings. The number of thioether (sulfide) groups is 1. The number of rotatable bonds is 7. The van der Waals surface area contributed by atoms with Gasteiger partial charge in [-0.2, -0.15) is 11.8 Å². The zero-order valence-electron chi connectivity index (χ0n) is 11.5. The van der Waals surface area contributed by atoms with Crippen LogP contribution in [0.2, 0.25) is 0 Å². The van der Waals surface area contributed by atoms with E-state index in [0.29, 0.717) is 4.75 Å². The summed E-state index contributed by atoms with van der Waals surface area (Å²) < 4.78 is 1.33. The largest absolute Gasteiger partial charge is 0.369 e. The second-order valence-corrected chi connectivity index (χ2v) is 6.97. The van der Waals surface area contributed by atoms with Crippen LogP contribution in [0.25, 0.3) is 0 Å². The van der Waals surface area contributed by atoms with Crippen LogP contribution in [0.3, 0.4) is 0 Å². The van der Waals surface area contributed by atoms with Gasteiger partial charge in [-0.05, 0) is 41.4 Å². The summed E-state index contributed by atoms with van der Waals surface area (Å²) in [5, 5.41) is 6.76. The molecule has 1 aliphatic carbocycles. The molecule has 0 atom stereocenters. The summed E-state index contributed by atoms with van der Waals surface area (Å²) in [7, 11) is 0. The summed E-state index contributed by atoms with van der Waals surface area (Å²) in [5.41, 5.74) is 0. The van der Waals surface area contributed by atoms with Gasteiger partial charge in [0.05, 0.1) is 0 Å². The normalized spacial score (nSPS) is 16.8. The molecule has 2 N–H and O–H groups in total. The van der Waals surface area contributed by atoms with Crippen LogP contribution in [0.15, 0.2) is 10.8 Å². The molecule has 1 fully saturated rings. The number of nitrogens with zero attached hydrogens (tertiary/aromatic N) is 2. The molecule has 0 aromatic carbocycles. The van der Waals surface area contributed by atoms with Crippen LogP contribution in [-0.2, 0) is 0 Å². The van der Waals surface area contributed by atoms with Crippen molar-refractivity contribution in [1.82, 2.24) is 9.97 Å². The Bertz CT molecular complexity index is 418. The molecule has 19 heavy (non-hydrogen) atoms. The van der Waals surface area contributed by atoms with Gasteiger partial charge in [-0.3, -0.25) is 0 Å². The molecule has 1 saturated carbocycles. The summed E-state index contributed by atoms with van der Waals surface area (Å²) in [6.07, 6.45) is 8.82. The molecule has 0 unspecified atom stereocenters. The van der Waals surface area contributed by atoms with E-state index in [1.807, 2.05) is 11.8 Å². The standard InChI is InChI=1S/C13H21BrN4S/c1-3-7-15-11-10(14)12(18-9-17-11)16-8-13(19-2)5-4-6-13/h9H,3-8H2,1-2H3,(H2,15,16,17,18). The summed E-state index contributed by atoms with van der Waals surface area (Å²) in [5.74, 6) is 1.75. The van der Waals surface area contributed by atoms with Crippen molar-refractivity contribution < 1.29 is 0 Å². The van der Waals surface area contributed by atoms with Crippen molar-refractivity contribution in [2.75, 3.05) is 30.0 Å². The quantitative estimate of drug-likeness (QED) is 0.788. The lowest BCUT2D eigenvalue weighted by molar-refractivity contribution is 0.379. The Morgan fingerprint density at radius 1 is 1.32 bits per heavy atom.